The van der Waals surface area contributed by atoms with Crippen molar-refractivity contribution in [2.24, 2.45) is 0 Å². The van der Waals surface area contributed by atoms with Crippen molar-refractivity contribution < 1.29 is 0 Å². The summed E-state index contributed by atoms with van der Waals surface area (Å²) in [6.45, 7) is 2.80. The lowest BCUT2D eigenvalue weighted by molar-refractivity contribution is 0.464. The fourth-order valence-corrected chi connectivity index (χ4v) is 0.346. The van der Waals surface area contributed by atoms with Crippen molar-refractivity contribution in [3.8, 4) is 11.8 Å². The highest BCUT2D eigenvalue weighted by Crippen LogP contribution is 1.70. The highest BCUT2D eigenvalue weighted by molar-refractivity contribution is 5.15. The molecule has 9 heavy (non-hydrogen) atoms. The summed E-state index contributed by atoms with van der Waals surface area (Å²) in [5.74, 6) is 5.87. The first-order valence-electron chi connectivity index (χ1n) is 3.01. The molecule has 0 aliphatic carbocycles. The Labute approximate surface area is 57.4 Å². The van der Waals surface area contributed by atoms with E-state index < -0.39 is 0 Å². The molecule has 1 nitrogen and oxygen atoms in total. The summed E-state index contributed by atoms with van der Waals surface area (Å²) in [6.07, 6.45) is 3.78. The van der Waals surface area contributed by atoms with E-state index in [0.29, 0.717) is 0 Å². The molecular weight excluding hydrogens is 110 g/mol. The standard InChI is InChI=1S/C8H13N/c1-4-5-6-7-8-9(2)3/h4-5H,8H2,1-3H3. The summed E-state index contributed by atoms with van der Waals surface area (Å²) >= 11 is 0. The van der Waals surface area contributed by atoms with Crippen LogP contribution in [0.4, 0.5) is 0 Å². The molecule has 50 valence electrons. The van der Waals surface area contributed by atoms with Crippen LogP contribution in [0.3, 0.4) is 0 Å². The molecule has 0 atom stereocenters. The minimum atomic E-state index is 0.838. The van der Waals surface area contributed by atoms with Crippen LogP contribution in [0.2, 0.25) is 0 Å². The third-order valence-electron chi connectivity index (χ3n) is 0.747. The Bertz CT molecular complexity index is 134. The van der Waals surface area contributed by atoms with Gasteiger partial charge in [0.1, 0.15) is 0 Å². The van der Waals surface area contributed by atoms with Gasteiger partial charge in [-0.2, -0.15) is 0 Å². The van der Waals surface area contributed by atoms with E-state index in [-0.39, 0.29) is 0 Å². The van der Waals surface area contributed by atoms with Crippen molar-refractivity contribution in [2.45, 2.75) is 6.92 Å². The van der Waals surface area contributed by atoms with Crippen LogP contribution in [0.1, 0.15) is 6.92 Å². The van der Waals surface area contributed by atoms with Crippen LogP contribution in [-0.4, -0.2) is 25.5 Å². The summed E-state index contributed by atoms with van der Waals surface area (Å²) in [7, 11) is 4.01. The van der Waals surface area contributed by atoms with Crippen LogP contribution in [0.15, 0.2) is 12.2 Å². The maximum atomic E-state index is 2.97. The predicted molar refractivity (Wildman–Crippen MR) is 41.1 cm³/mol. The molecule has 0 heterocycles. The molecule has 0 spiro atoms. The highest BCUT2D eigenvalue weighted by atomic mass is 15.0. The van der Waals surface area contributed by atoms with E-state index in [0.717, 1.165) is 6.54 Å². The second kappa shape index (κ2) is 5.40. The highest BCUT2D eigenvalue weighted by Gasteiger charge is 1.77. The summed E-state index contributed by atoms with van der Waals surface area (Å²) in [4.78, 5) is 2.04. The number of allylic oxidation sites excluding steroid dienone is 2. The molecular formula is C8H13N. The molecule has 0 aromatic heterocycles. The second-order valence-corrected chi connectivity index (χ2v) is 2.06. The molecule has 0 bridgehead atoms. The zero-order valence-corrected chi connectivity index (χ0v) is 6.31. The molecule has 0 aliphatic rings. The van der Waals surface area contributed by atoms with E-state index in [4.69, 9.17) is 0 Å². The average molecular weight is 123 g/mol. The van der Waals surface area contributed by atoms with Crippen molar-refractivity contribution in [2.75, 3.05) is 20.6 Å². The largest absolute Gasteiger partial charge is 0.299 e. The van der Waals surface area contributed by atoms with Crippen LogP contribution >= 0.6 is 0 Å². The van der Waals surface area contributed by atoms with Gasteiger partial charge in [-0.3, -0.25) is 4.90 Å². The Kier molecular flexibility index (Phi) is 4.95. The van der Waals surface area contributed by atoms with Crippen molar-refractivity contribution in [1.82, 2.24) is 4.90 Å². The van der Waals surface area contributed by atoms with Gasteiger partial charge in [-0.1, -0.05) is 17.9 Å². The van der Waals surface area contributed by atoms with E-state index in [1.807, 2.05) is 38.1 Å². The minimum Gasteiger partial charge on any atom is -0.299 e. The smallest absolute Gasteiger partial charge is 0.0600 e. The number of hydrogen-bond donors (Lipinski definition) is 0. The Balaban J connectivity index is 3.38. The molecule has 0 fully saturated rings. The van der Waals surface area contributed by atoms with E-state index >= 15 is 0 Å². The third-order valence-corrected chi connectivity index (χ3v) is 0.747. The lowest BCUT2D eigenvalue weighted by Crippen LogP contribution is -2.10. The lowest BCUT2D eigenvalue weighted by Gasteiger charge is -1.99. The van der Waals surface area contributed by atoms with Gasteiger partial charge in [-0.05, 0) is 27.1 Å². The molecule has 0 saturated heterocycles. The zero-order valence-electron chi connectivity index (χ0n) is 6.31. The van der Waals surface area contributed by atoms with E-state index in [1.165, 1.54) is 0 Å². The lowest BCUT2D eigenvalue weighted by atomic mass is 10.5. The molecule has 0 radical (unpaired) electrons. The van der Waals surface area contributed by atoms with Gasteiger partial charge < -0.3 is 0 Å². The Morgan fingerprint density at radius 3 is 2.56 bits per heavy atom. The average Bonchev–Trinajstić information content (AvgIpc) is 1.80. The maximum Gasteiger partial charge on any atom is 0.0600 e. The molecule has 0 amide bonds. The minimum absolute atomic E-state index is 0.838. The number of nitrogens with zero attached hydrogens (tertiary/aromatic N) is 1. The predicted octanol–water partition coefficient (Wildman–Crippen LogP) is 1.13. The van der Waals surface area contributed by atoms with E-state index in [9.17, 15) is 0 Å². The molecule has 1 heteroatoms. The normalized spacial score (nSPS) is 9.78. The van der Waals surface area contributed by atoms with Crippen LogP contribution < -0.4 is 0 Å². The summed E-state index contributed by atoms with van der Waals surface area (Å²) < 4.78 is 0. The first kappa shape index (κ1) is 8.26. The quantitative estimate of drug-likeness (QED) is 0.472. The maximum absolute atomic E-state index is 2.97. The van der Waals surface area contributed by atoms with Gasteiger partial charge >= 0.3 is 0 Å². The number of rotatable bonds is 1. The molecule has 0 rings (SSSR count). The fourth-order valence-electron chi connectivity index (χ4n) is 0.346. The molecule has 0 unspecified atom stereocenters. The molecule has 0 aromatic carbocycles. The molecule has 0 aliphatic heterocycles. The van der Waals surface area contributed by atoms with Crippen molar-refractivity contribution in [3.05, 3.63) is 12.2 Å². The van der Waals surface area contributed by atoms with Crippen molar-refractivity contribution in [1.29, 1.82) is 0 Å². The summed E-state index contributed by atoms with van der Waals surface area (Å²) in [5.41, 5.74) is 0. The first-order chi connectivity index (χ1) is 4.27. The van der Waals surface area contributed by atoms with Crippen molar-refractivity contribution >= 4 is 0 Å². The molecule has 0 aromatic rings. The fraction of sp³-hybridized carbons (Fsp3) is 0.500. The first-order valence-corrected chi connectivity index (χ1v) is 3.01. The molecule has 0 saturated carbocycles. The summed E-state index contributed by atoms with van der Waals surface area (Å²) in [6, 6.07) is 0. The number of hydrogen-bond acceptors (Lipinski definition) is 1. The Hall–Kier alpha value is -0.740. The van der Waals surface area contributed by atoms with Gasteiger partial charge in [0.2, 0.25) is 0 Å². The van der Waals surface area contributed by atoms with Gasteiger partial charge in [-0.15, -0.1) is 0 Å². The zero-order chi connectivity index (χ0) is 7.11. The van der Waals surface area contributed by atoms with Crippen LogP contribution in [0.25, 0.3) is 0 Å². The van der Waals surface area contributed by atoms with Crippen molar-refractivity contribution in [3.63, 3.8) is 0 Å². The SMILES string of the molecule is CC=CC#CCN(C)C. The van der Waals surface area contributed by atoms with Gasteiger partial charge in [-0.25, -0.2) is 0 Å². The monoisotopic (exact) mass is 123 g/mol. The second-order valence-electron chi connectivity index (χ2n) is 2.06. The van der Waals surface area contributed by atoms with Crippen LogP contribution in [-0.2, 0) is 0 Å². The van der Waals surface area contributed by atoms with E-state index in [1.54, 1.807) is 0 Å². The summed E-state index contributed by atoms with van der Waals surface area (Å²) in [5, 5.41) is 0. The third kappa shape index (κ3) is 7.26. The van der Waals surface area contributed by atoms with Gasteiger partial charge in [0.15, 0.2) is 0 Å². The Morgan fingerprint density at radius 1 is 1.44 bits per heavy atom. The molecule has 0 N–H and O–H groups in total. The van der Waals surface area contributed by atoms with E-state index in [2.05, 4.69) is 11.8 Å². The van der Waals surface area contributed by atoms with Crippen LogP contribution in [0.5, 0.6) is 0 Å². The Morgan fingerprint density at radius 2 is 2.11 bits per heavy atom. The van der Waals surface area contributed by atoms with Gasteiger partial charge in [0.25, 0.3) is 0 Å². The van der Waals surface area contributed by atoms with Gasteiger partial charge in [0.05, 0.1) is 6.54 Å². The van der Waals surface area contributed by atoms with Crippen LogP contribution in [0, 0.1) is 11.8 Å². The topological polar surface area (TPSA) is 3.24 Å². The van der Waals surface area contributed by atoms with Gasteiger partial charge in [0, 0.05) is 0 Å².